The SMILES string of the molecule is COc1c(Br)cc(Br)cc1C(=O)NC(=S)Nn1c(C)nnc1SC. The standard InChI is InChI=1S/C13H13Br2N5O2S2/c1-6-17-18-13(24-3)20(6)19-12(23)16-11(21)8-4-7(14)5-9(15)10(8)22-2/h4-5H,1-3H3,(H2,16,19,21,23). The van der Waals surface area contributed by atoms with E-state index in [0.717, 1.165) is 4.47 Å². The van der Waals surface area contributed by atoms with Crippen molar-refractivity contribution in [2.45, 2.75) is 12.1 Å². The molecule has 2 aromatic rings. The predicted molar refractivity (Wildman–Crippen MR) is 104 cm³/mol. The fourth-order valence-corrected chi connectivity index (χ4v) is 3.89. The van der Waals surface area contributed by atoms with Crippen LogP contribution in [0.1, 0.15) is 16.2 Å². The molecule has 0 saturated heterocycles. The summed E-state index contributed by atoms with van der Waals surface area (Å²) in [6.07, 6.45) is 1.87. The van der Waals surface area contributed by atoms with Gasteiger partial charge in [-0.15, -0.1) is 10.2 Å². The van der Waals surface area contributed by atoms with E-state index in [-0.39, 0.29) is 5.11 Å². The predicted octanol–water partition coefficient (Wildman–Crippen LogP) is 3.10. The van der Waals surface area contributed by atoms with Crippen molar-refractivity contribution in [1.82, 2.24) is 20.2 Å². The van der Waals surface area contributed by atoms with Gasteiger partial charge in [0.2, 0.25) is 5.16 Å². The number of amides is 1. The van der Waals surface area contributed by atoms with Gasteiger partial charge < -0.3 is 4.74 Å². The number of aryl methyl sites for hydroxylation is 1. The summed E-state index contributed by atoms with van der Waals surface area (Å²) in [5.41, 5.74) is 3.22. The molecule has 1 amide bonds. The molecule has 128 valence electrons. The van der Waals surface area contributed by atoms with E-state index in [9.17, 15) is 4.79 Å². The summed E-state index contributed by atoms with van der Waals surface area (Å²) in [6, 6.07) is 3.44. The van der Waals surface area contributed by atoms with Crippen LogP contribution in [0.5, 0.6) is 5.75 Å². The first kappa shape index (κ1) is 19.2. The monoisotopic (exact) mass is 493 g/mol. The highest BCUT2D eigenvalue weighted by Gasteiger charge is 2.18. The number of aromatic nitrogens is 3. The highest BCUT2D eigenvalue weighted by molar-refractivity contribution is 9.11. The molecular formula is C13H13Br2N5O2S2. The molecule has 2 N–H and O–H groups in total. The lowest BCUT2D eigenvalue weighted by molar-refractivity contribution is 0.0974. The number of ether oxygens (including phenoxy) is 1. The van der Waals surface area contributed by atoms with Gasteiger partial charge in [-0.25, -0.2) is 4.68 Å². The quantitative estimate of drug-likeness (QED) is 0.499. The number of thioether (sulfide) groups is 1. The number of thiocarbonyl (C=S) groups is 1. The summed E-state index contributed by atoms with van der Waals surface area (Å²) < 4.78 is 8.26. The largest absolute Gasteiger partial charge is 0.495 e. The molecular weight excluding hydrogens is 482 g/mol. The number of hydrogen-bond acceptors (Lipinski definition) is 6. The average molecular weight is 495 g/mol. The van der Waals surface area contributed by atoms with Crippen LogP contribution >= 0.6 is 55.8 Å². The topological polar surface area (TPSA) is 81.1 Å². The molecule has 0 fully saturated rings. The molecule has 0 aliphatic carbocycles. The van der Waals surface area contributed by atoms with Crippen LogP contribution in [0.4, 0.5) is 0 Å². The number of nitrogens with one attached hydrogen (secondary N) is 2. The number of nitrogens with zero attached hydrogens (tertiary/aromatic N) is 3. The number of hydrogen-bond donors (Lipinski definition) is 2. The molecule has 11 heteroatoms. The second-order valence-electron chi connectivity index (χ2n) is 4.43. The summed E-state index contributed by atoms with van der Waals surface area (Å²) in [4.78, 5) is 12.5. The number of methoxy groups -OCH3 is 1. The zero-order chi connectivity index (χ0) is 17.9. The Hall–Kier alpha value is -1.17. The Morgan fingerprint density at radius 2 is 2.08 bits per heavy atom. The Morgan fingerprint density at radius 3 is 2.71 bits per heavy atom. The summed E-state index contributed by atoms with van der Waals surface area (Å²) in [6.45, 7) is 1.78. The maximum Gasteiger partial charge on any atom is 0.261 e. The van der Waals surface area contributed by atoms with Crippen molar-refractivity contribution in [3.63, 3.8) is 0 Å². The van der Waals surface area contributed by atoms with E-state index >= 15 is 0 Å². The van der Waals surface area contributed by atoms with Gasteiger partial charge in [-0.1, -0.05) is 27.7 Å². The van der Waals surface area contributed by atoms with E-state index in [1.54, 1.807) is 23.7 Å². The third-order valence-corrected chi connectivity index (χ3v) is 4.74. The number of carbonyl (C=O) groups is 1. The summed E-state index contributed by atoms with van der Waals surface area (Å²) in [5, 5.41) is 11.3. The van der Waals surface area contributed by atoms with E-state index in [2.05, 4.69) is 52.8 Å². The summed E-state index contributed by atoms with van der Waals surface area (Å²) >= 11 is 13.3. The number of halogens is 2. The van der Waals surface area contributed by atoms with Gasteiger partial charge in [0.05, 0.1) is 17.1 Å². The smallest absolute Gasteiger partial charge is 0.261 e. The van der Waals surface area contributed by atoms with Gasteiger partial charge in [0, 0.05) is 4.47 Å². The molecule has 24 heavy (non-hydrogen) atoms. The summed E-state index contributed by atoms with van der Waals surface area (Å²) in [7, 11) is 1.49. The van der Waals surface area contributed by atoms with E-state index in [0.29, 0.717) is 26.8 Å². The minimum absolute atomic E-state index is 0.122. The highest BCUT2D eigenvalue weighted by atomic mass is 79.9. The van der Waals surface area contributed by atoms with Crippen molar-refractivity contribution in [2.75, 3.05) is 18.8 Å². The molecule has 1 heterocycles. The van der Waals surface area contributed by atoms with Gasteiger partial charge in [-0.2, -0.15) is 0 Å². The van der Waals surface area contributed by atoms with Crippen LogP contribution in [0.2, 0.25) is 0 Å². The molecule has 0 atom stereocenters. The first-order chi connectivity index (χ1) is 11.4. The van der Waals surface area contributed by atoms with Gasteiger partial charge in [0.15, 0.2) is 5.11 Å². The van der Waals surface area contributed by atoms with Crippen LogP contribution in [0, 0.1) is 6.92 Å². The Morgan fingerprint density at radius 1 is 1.38 bits per heavy atom. The normalized spacial score (nSPS) is 10.4. The lowest BCUT2D eigenvalue weighted by Gasteiger charge is -2.14. The zero-order valence-electron chi connectivity index (χ0n) is 12.9. The molecule has 0 radical (unpaired) electrons. The van der Waals surface area contributed by atoms with Crippen molar-refractivity contribution in [1.29, 1.82) is 0 Å². The molecule has 1 aromatic carbocycles. The van der Waals surface area contributed by atoms with Crippen molar-refractivity contribution in [2.24, 2.45) is 0 Å². The second kappa shape index (κ2) is 8.28. The fraction of sp³-hybridized carbons (Fsp3) is 0.231. The van der Waals surface area contributed by atoms with Crippen molar-refractivity contribution < 1.29 is 9.53 Å². The third kappa shape index (κ3) is 4.26. The first-order valence-corrected chi connectivity index (χ1v) is 9.70. The van der Waals surface area contributed by atoms with Gasteiger partial charge in [-0.3, -0.25) is 15.5 Å². The number of rotatable bonds is 4. The van der Waals surface area contributed by atoms with Gasteiger partial charge in [0.25, 0.3) is 5.91 Å². The third-order valence-electron chi connectivity index (χ3n) is 2.88. The van der Waals surface area contributed by atoms with Crippen LogP contribution in [0.3, 0.4) is 0 Å². The van der Waals surface area contributed by atoms with E-state index in [1.807, 2.05) is 6.26 Å². The molecule has 7 nitrogen and oxygen atoms in total. The van der Waals surface area contributed by atoms with Crippen molar-refractivity contribution in [3.8, 4) is 5.75 Å². The molecule has 0 aliphatic heterocycles. The Kier molecular flexibility index (Phi) is 6.61. The van der Waals surface area contributed by atoms with Crippen molar-refractivity contribution >= 4 is 66.9 Å². The number of benzene rings is 1. The highest BCUT2D eigenvalue weighted by Crippen LogP contribution is 2.32. The van der Waals surface area contributed by atoms with Gasteiger partial charge in [-0.05, 0) is 53.5 Å². The molecule has 2 rings (SSSR count). The number of carbonyl (C=O) groups excluding carboxylic acids is 1. The molecule has 0 bridgehead atoms. The van der Waals surface area contributed by atoms with Crippen LogP contribution in [0.15, 0.2) is 26.2 Å². The lowest BCUT2D eigenvalue weighted by atomic mass is 10.2. The molecule has 0 spiro atoms. The minimum Gasteiger partial charge on any atom is -0.495 e. The summed E-state index contributed by atoms with van der Waals surface area (Å²) in [5.74, 6) is 0.644. The maximum absolute atomic E-state index is 12.5. The minimum atomic E-state index is -0.400. The second-order valence-corrected chi connectivity index (χ2v) is 7.38. The Labute approximate surface area is 165 Å². The molecule has 0 unspecified atom stereocenters. The lowest BCUT2D eigenvalue weighted by Crippen LogP contribution is -2.38. The van der Waals surface area contributed by atoms with E-state index in [4.69, 9.17) is 17.0 Å². The molecule has 0 saturated carbocycles. The Balaban J connectivity index is 2.18. The Bertz CT molecular complexity index is 797. The van der Waals surface area contributed by atoms with E-state index < -0.39 is 5.91 Å². The molecule has 1 aromatic heterocycles. The van der Waals surface area contributed by atoms with Gasteiger partial charge >= 0.3 is 0 Å². The van der Waals surface area contributed by atoms with Crippen LogP contribution < -0.4 is 15.5 Å². The van der Waals surface area contributed by atoms with Crippen molar-refractivity contribution in [3.05, 3.63) is 32.5 Å². The van der Waals surface area contributed by atoms with Crippen LogP contribution in [-0.4, -0.2) is 39.3 Å². The average Bonchev–Trinajstić information content (AvgIpc) is 2.86. The van der Waals surface area contributed by atoms with Crippen LogP contribution in [0.25, 0.3) is 0 Å². The van der Waals surface area contributed by atoms with Gasteiger partial charge in [0.1, 0.15) is 11.6 Å². The van der Waals surface area contributed by atoms with E-state index in [1.165, 1.54) is 18.9 Å². The molecule has 0 aliphatic rings. The zero-order valence-corrected chi connectivity index (χ0v) is 17.7. The first-order valence-electron chi connectivity index (χ1n) is 6.48. The maximum atomic E-state index is 12.5. The van der Waals surface area contributed by atoms with Crippen LogP contribution in [-0.2, 0) is 0 Å². The fourth-order valence-electron chi connectivity index (χ4n) is 1.84.